The Hall–Kier alpha value is -0.390. The van der Waals surface area contributed by atoms with Gasteiger partial charge < -0.3 is 5.32 Å². The highest BCUT2D eigenvalue weighted by Gasteiger charge is 2.11. The molecule has 0 spiro atoms. The van der Waals surface area contributed by atoms with Crippen molar-refractivity contribution in [3.63, 3.8) is 0 Å². The fourth-order valence-electron chi connectivity index (χ4n) is 1.58. The van der Waals surface area contributed by atoms with E-state index in [4.69, 9.17) is 0 Å². The van der Waals surface area contributed by atoms with Crippen molar-refractivity contribution in [2.75, 3.05) is 7.05 Å². The minimum absolute atomic E-state index is 0.321. The van der Waals surface area contributed by atoms with Crippen molar-refractivity contribution in [2.45, 2.75) is 6.04 Å². The van der Waals surface area contributed by atoms with E-state index in [9.17, 15) is 0 Å². The number of rotatable bonds is 3. The Morgan fingerprint density at radius 2 is 1.93 bits per heavy atom. The van der Waals surface area contributed by atoms with E-state index in [2.05, 4.69) is 69.7 Å². The fraction of sp³-hybridized carbons (Fsp3) is 0.167. The van der Waals surface area contributed by atoms with Gasteiger partial charge in [-0.15, -0.1) is 11.3 Å². The summed E-state index contributed by atoms with van der Waals surface area (Å²) >= 11 is 4.12. The lowest BCUT2D eigenvalue weighted by Crippen LogP contribution is -2.16. The molecule has 0 aliphatic rings. The second-order valence-electron chi connectivity index (χ2n) is 3.29. The third-order valence-corrected chi connectivity index (χ3v) is 3.98. The van der Waals surface area contributed by atoms with Crippen molar-refractivity contribution >= 4 is 33.9 Å². The van der Waals surface area contributed by atoms with Crippen LogP contribution in [0.4, 0.5) is 0 Å². The van der Waals surface area contributed by atoms with Crippen LogP contribution in [0.25, 0.3) is 0 Å². The van der Waals surface area contributed by atoms with Gasteiger partial charge in [0.2, 0.25) is 0 Å². The van der Waals surface area contributed by atoms with Crippen LogP contribution < -0.4 is 5.32 Å². The zero-order valence-corrected chi connectivity index (χ0v) is 11.4. The Kier molecular flexibility index (Phi) is 3.77. The topological polar surface area (TPSA) is 12.0 Å². The molecule has 1 N–H and O–H groups in total. The Balaban J connectivity index is 2.31. The fourth-order valence-corrected chi connectivity index (χ4v) is 2.80. The van der Waals surface area contributed by atoms with Gasteiger partial charge in [-0.1, -0.05) is 18.2 Å². The van der Waals surface area contributed by atoms with Crippen molar-refractivity contribution in [2.24, 2.45) is 0 Å². The van der Waals surface area contributed by atoms with Crippen LogP contribution in [0.5, 0.6) is 0 Å². The highest BCUT2D eigenvalue weighted by atomic mass is 127. The molecule has 1 aromatic carbocycles. The molecule has 1 aromatic heterocycles. The van der Waals surface area contributed by atoms with E-state index in [0.29, 0.717) is 6.04 Å². The second-order valence-corrected chi connectivity index (χ2v) is 5.51. The molecule has 3 heteroatoms. The van der Waals surface area contributed by atoms with Crippen LogP contribution in [0, 0.1) is 3.57 Å². The molecule has 0 amide bonds. The standard InChI is InChI=1S/C12H12INS/c1-14-12(11-3-2-8-15-11)9-4-6-10(13)7-5-9/h2-8,12,14H,1H3. The Bertz CT molecular complexity index is 408. The van der Waals surface area contributed by atoms with Crippen LogP contribution in [-0.2, 0) is 0 Å². The number of halogens is 1. The summed E-state index contributed by atoms with van der Waals surface area (Å²) < 4.78 is 1.28. The van der Waals surface area contributed by atoms with Crippen LogP contribution in [0.3, 0.4) is 0 Å². The number of benzene rings is 1. The molecule has 1 atom stereocenters. The summed E-state index contributed by atoms with van der Waals surface area (Å²) in [4.78, 5) is 1.36. The Labute approximate surface area is 108 Å². The van der Waals surface area contributed by atoms with E-state index >= 15 is 0 Å². The number of hydrogen-bond acceptors (Lipinski definition) is 2. The summed E-state index contributed by atoms with van der Waals surface area (Å²) in [7, 11) is 2.00. The van der Waals surface area contributed by atoms with Crippen molar-refractivity contribution < 1.29 is 0 Å². The predicted octanol–water partition coefficient (Wildman–Crippen LogP) is 3.66. The van der Waals surface area contributed by atoms with Gasteiger partial charge in [0.15, 0.2) is 0 Å². The molecule has 0 fully saturated rings. The summed E-state index contributed by atoms with van der Waals surface area (Å²) in [5.74, 6) is 0. The van der Waals surface area contributed by atoms with Gasteiger partial charge in [0.1, 0.15) is 0 Å². The average molecular weight is 329 g/mol. The Morgan fingerprint density at radius 3 is 2.47 bits per heavy atom. The minimum Gasteiger partial charge on any atom is -0.309 e. The molecule has 2 aromatic rings. The zero-order chi connectivity index (χ0) is 10.7. The first-order valence-corrected chi connectivity index (χ1v) is 6.73. The molecule has 0 aliphatic heterocycles. The van der Waals surface area contributed by atoms with Gasteiger partial charge in [-0.3, -0.25) is 0 Å². The van der Waals surface area contributed by atoms with E-state index in [0.717, 1.165) is 0 Å². The van der Waals surface area contributed by atoms with Crippen LogP contribution in [0.1, 0.15) is 16.5 Å². The van der Waals surface area contributed by atoms with Crippen LogP contribution in [-0.4, -0.2) is 7.05 Å². The minimum atomic E-state index is 0.321. The largest absolute Gasteiger partial charge is 0.309 e. The number of hydrogen-bond donors (Lipinski definition) is 1. The molecule has 15 heavy (non-hydrogen) atoms. The van der Waals surface area contributed by atoms with Gasteiger partial charge >= 0.3 is 0 Å². The third-order valence-electron chi connectivity index (χ3n) is 2.32. The summed E-state index contributed by atoms with van der Waals surface area (Å²) in [6.07, 6.45) is 0. The van der Waals surface area contributed by atoms with Gasteiger partial charge in [-0.05, 0) is 58.8 Å². The first-order chi connectivity index (χ1) is 7.31. The van der Waals surface area contributed by atoms with Crippen LogP contribution in [0.2, 0.25) is 0 Å². The van der Waals surface area contributed by atoms with Crippen molar-refractivity contribution in [1.82, 2.24) is 5.32 Å². The summed E-state index contributed by atoms with van der Waals surface area (Å²) in [6.45, 7) is 0. The molecular formula is C12H12INS. The molecule has 0 saturated heterocycles. The number of nitrogens with one attached hydrogen (secondary N) is 1. The van der Waals surface area contributed by atoms with E-state index < -0.39 is 0 Å². The molecular weight excluding hydrogens is 317 g/mol. The SMILES string of the molecule is CNC(c1ccc(I)cc1)c1cccs1. The van der Waals surface area contributed by atoms with E-state index in [1.807, 2.05) is 7.05 Å². The molecule has 1 nitrogen and oxygen atoms in total. The predicted molar refractivity (Wildman–Crippen MR) is 74.4 cm³/mol. The van der Waals surface area contributed by atoms with E-state index in [-0.39, 0.29) is 0 Å². The highest BCUT2D eigenvalue weighted by molar-refractivity contribution is 14.1. The van der Waals surface area contributed by atoms with Crippen molar-refractivity contribution in [3.05, 3.63) is 55.8 Å². The highest BCUT2D eigenvalue weighted by Crippen LogP contribution is 2.25. The summed E-state index contributed by atoms with van der Waals surface area (Å²) in [5.41, 5.74) is 1.32. The van der Waals surface area contributed by atoms with Crippen LogP contribution >= 0.6 is 33.9 Å². The van der Waals surface area contributed by atoms with Gasteiger partial charge in [0, 0.05) is 8.45 Å². The quantitative estimate of drug-likeness (QED) is 0.848. The monoisotopic (exact) mass is 329 g/mol. The van der Waals surface area contributed by atoms with Gasteiger partial charge in [0.25, 0.3) is 0 Å². The molecule has 0 saturated carbocycles. The van der Waals surface area contributed by atoms with Gasteiger partial charge in [-0.2, -0.15) is 0 Å². The molecule has 2 rings (SSSR count). The first-order valence-electron chi connectivity index (χ1n) is 4.77. The first kappa shape index (κ1) is 11.1. The lowest BCUT2D eigenvalue weighted by atomic mass is 10.1. The molecule has 78 valence electrons. The Morgan fingerprint density at radius 1 is 1.20 bits per heavy atom. The van der Waals surface area contributed by atoms with E-state index in [1.54, 1.807) is 11.3 Å². The third kappa shape index (κ3) is 2.59. The molecule has 0 aliphatic carbocycles. The van der Waals surface area contributed by atoms with Crippen molar-refractivity contribution in [3.8, 4) is 0 Å². The maximum absolute atomic E-state index is 3.35. The summed E-state index contributed by atoms with van der Waals surface area (Å²) in [5, 5.41) is 5.47. The van der Waals surface area contributed by atoms with Crippen LogP contribution in [0.15, 0.2) is 41.8 Å². The maximum Gasteiger partial charge on any atom is 0.0668 e. The summed E-state index contributed by atoms with van der Waals surface area (Å²) in [6, 6.07) is 13.2. The normalized spacial score (nSPS) is 12.7. The van der Waals surface area contributed by atoms with Crippen molar-refractivity contribution in [1.29, 1.82) is 0 Å². The zero-order valence-electron chi connectivity index (χ0n) is 8.41. The second kappa shape index (κ2) is 5.09. The number of thiophene rings is 1. The van der Waals surface area contributed by atoms with Gasteiger partial charge in [0.05, 0.1) is 6.04 Å². The molecule has 0 bridgehead atoms. The molecule has 1 heterocycles. The average Bonchev–Trinajstić information content (AvgIpc) is 2.75. The maximum atomic E-state index is 3.35. The lowest BCUT2D eigenvalue weighted by molar-refractivity contribution is 0.704. The smallest absolute Gasteiger partial charge is 0.0668 e. The lowest BCUT2D eigenvalue weighted by Gasteiger charge is -2.14. The van der Waals surface area contributed by atoms with E-state index in [1.165, 1.54) is 14.0 Å². The molecule has 0 radical (unpaired) electrons. The van der Waals surface area contributed by atoms with Gasteiger partial charge in [-0.25, -0.2) is 0 Å². The molecule has 1 unspecified atom stereocenters.